The summed E-state index contributed by atoms with van der Waals surface area (Å²) in [6.07, 6.45) is 2.63. The van der Waals surface area contributed by atoms with Crippen molar-refractivity contribution in [1.29, 1.82) is 0 Å². The van der Waals surface area contributed by atoms with Crippen molar-refractivity contribution in [3.8, 4) is 0 Å². The number of nitrogens with one attached hydrogen (secondary N) is 1. The Morgan fingerprint density at radius 3 is 2.50 bits per heavy atom. The predicted octanol–water partition coefficient (Wildman–Crippen LogP) is 2.98. The van der Waals surface area contributed by atoms with Crippen molar-refractivity contribution in [2.45, 2.75) is 19.8 Å². The molecule has 3 heteroatoms. The molecule has 0 unspecified atom stereocenters. The standard InChI is InChI=1S/C15H24N2O/c1-13-7-10-17(11-8-13)15-5-3-14(4-6-15)16-9-12-18-2/h3-6,13,16H,7-12H2,1-2H3. The Morgan fingerprint density at radius 1 is 1.22 bits per heavy atom. The highest BCUT2D eigenvalue weighted by Gasteiger charge is 2.15. The number of hydrogen-bond acceptors (Lipinski definition) is 3. The van der Waals surface area contributed by atoms with Gasteiger partial charge in [0.2, 0.25) is 0 Å². The van der Waals surface area contributed by atoms with Gasteiger partial charge in [-0.2, -0.15) is 0 Å². The number of piperidine rings is 1. The summed E-state index contributed by atoms with van der Waals surface area (Å²) in [5.41, 5.74) is 2.51. The molecule has 1 aromatic rings. The first-order valence-electron chi connectivity index (χ1n) is 6.87. The highest BCUT2D eigenvalue weighted by atomic mass is 16.5. The van der Waals surface area contributed by atoms with Crippen LogP contribution in [-0.4, -0.2) is 33.4 Å². The maximum absolute atomic E-state index is 5.02. The van der Waals surface area contributed by atoms with Crippen molar-refractivity contribution >= 4 is 11.4 Å². The number of nitrogens with zero attached hydrogens (tertiary/aromatic N) is 1. The largest absolute Gasteiger partial charge is 0.383 e. The average molecular weight is 248 g/mol. The van der Waals surface area contributed by atoms with Crippen molar-refractivity contribution in [2.75, 3.05) is 43.6 Å². The molecule has 18 heavy (non-hydrogen) atoms. The molecule has 100 valence electrons. The third kappa shape index (κ3) is 3.64. The summed E-state index contributed by atoms with van der Waals surface area (Å²) < 4.78 is 5.02. The van der Waals surface area contributed by atoms with Crippen molar-refractivity contribution in [3.05, 3.63) is 24.3 Å². The molecule has 1 N–H and O–H groups in total. The molecule has 0 radical (unpaired) electrons. The van der Waals surface area contributed by atoms with E-state index in [1.165, 1.54) is 37.3 Å². The monoisotopic (exact) mass is 248 g/mol. The molecular formula is C15H24N2O. The van der Waals surface area contributed by atoms with Crippen molar-refractivity contribution < 1.29 is 4.74 Å². The summed E-state index contributed by atoms with van der Waals surface area (Å²) >= 11 is 0. The Labute approximate surface area is 110 Å². The highest BCUT2D eigenvalue weighted by molar-refractivity contribution is 5.55. The molecule has 3 nitrogen and oxygen atoms in total. The zero-order valence-electron chi connectivity index (χ0n) is 11.5. The van der Waals surface area contributed by atoms with E-state index in [1.807, 2.05) is 0 Å². The number of ether oxygens (including phenoxy) is 1. The van der Waals surface area contributed by atoms with Gasteiger partial charge < -0.3 is 15.0 Å². The van der Waals surface area contributed by atoms with E-state index in [1.54, 1.807) is 7.11 Å². The van der Waals surface area contributed by atoms with Gasteiger partial charge in [-0.1, -0.05) is 6.92 Å². The number of anilines is 2. The van der Waals surface area contributed by atoms with Gasteiger partial charge in [0.1, 0.15) is 0 Å². The first kappa shape index (κ1) is 13.2. The lowest BCUT2D eigenvalue weighted by molar-refractivity contribution is 0.211. The van der Waals surface area contributed by atoms with Crippen LogP contribution in [0.2, 0.25) is 0 Å². The average Bonchev–Trinajstić information content (AvgIpc) is 2.41. The normalized spacial score (nSPS) is 16.9. The quantitative estimate of drug-likeness (QED) is 0.811. The molecule has 0 atom stereocenters. The first-order valence-corrected chi connectivity index (χ1v) is 6.87. The summed E-state index contributed by atoms with van der Waals surface area (Å²) in [5, 5.41) is 3.34. The van der Waals surface area contributed by atoms with Crippen LogP contribution < -0.4 is 10.2 Å². The van der Waals surface area contributed by atoms with E-state index in [2.05, 4.69) is 41.4 Å². The molecule has 0 amide bonds. The molecule has 1 saturated heterocycles. The second-order valence-electron chi connectivity index (χ2n) is 5.14. The van der Waals surface area contributed by atoms with Crippen LogP contribution in [0.4, 0.5) is 11.4 Å². The lowest BCUT2D eigenvalue weighted by Gasteiger charge is -2.32. The van der Waals surface area contributed by atoms with Crippen LogP contribution in [0.3, 0.4) is 0 Å². The molecule has 0 bridgehead atoms. The van der Waals surface area contributed by atoms with Gasteiger partial charge >= 0.3 is 0 Å². The second-order valence-corrected chi connectivity index (χ2v) is 5.14. The van der Waals surface area contributed by atoms with Crippen LogP contribution in [0, 0.1) is 5.92 Å². The van der Waals surface area contributed by atoms with Gasteiger partial charge in [0.15, 0.2) is 0 Å². The van der Waals surface area contributed by atoms with Crippen LogP contribution in [-0.2, 0) is 4.74 Å². The smallest absolute Gasteiger partial charge is 0.0635 e. The minimum Gasteiger partial charge on any atom is -0.383 e. The lowest BCUT2D eigenvalue weighted by Crippen LogP contribution is -2.32. The van der Waals surface area contributed by atoms with Crippen LogP contribution in [0.1, 0.15) is 19.8 Å². The Kier molecular flexibility index (Phi) is 4.88. The van der Waals surface area contributed by atoms with Gasteiger partial charge in [-0.15, -0.1) is 0 Å². The molecule has 1 aromatic carbocycles. The Balaban J connectivity index is 1.87. The first-order chi connectivity index (χ1) is 8.79. The van der Waals surface area contributed by atoms with Gasteiger partial charge in [-0.05, 0) is 43.0 Å². The summed E-state index contributed by atoms with van der Waals surface area (Å²) in [6, 6.07) is 8.74. The highest BCUT2D eigenvalue weighted by Crippen LogP contribution is 2.24. The minimum atomic E-state index is 0.742. The van der Waals surface area contributed by atoms with Crippen molar-refractivity contribution in [1.82, 2.24) is 0 Å². The fourth-order valence-corrected chi connectivity index (χ4v) is 2.35. The predicted molar refractivity (Wildman–Crippen MR) is 77.4 cm³/mol. The van der Waals surface area contributed by atoms with Crippen LogP contribution in [0.25, 0.3) is 0 Å². The minimum absolute atomic E-state index is 0.742. The van der Waals surface area contributed by atoms with E-state index < -0.39 is 0 Å². The fourth-order valence-electron chi connectivity index (χ4n) is 2.35. The summed E-state index contributed by atoms with van der Waals surface area (Å²) in [4.78, 5) is 2.49. The molecule has 0 spiro atoms. The lowest BCUT2D eigenvalue weighted by atomic mass is 9.99. The Hall–Kier alpha value is -1.22. The SMILES string of the molecule is COCCNc1ccc(N2CCC(C)CC2)cc1. The number of rotatable bonds is 5. The molecule has 1 heterocycles. The summed E-state index contributed by atoms with van der Waals surface area (Å²) in [7, 11) is 1.72. The number of benzene rings is 1. The summed E-state index contributed by atoms with van der Waals surface area (Å²) in [6.45, 7) is 6.33. The van der Waals surface area contributed by atoms with Crippen LogP contribution in [0.15, 0.2) is 24.3 Å². The second kappa shape index (κ2) is 6.64. The zero-order valence-corrected chi connectivity index (χ0v) is 11.5. The Morgan fingerprint density at radius 2 is 1.89 bits per heavy atom. The third-order valence-electron chi connectivity index (χ3n) is 3.65. The maximum atomic E-state index is 5.02. The number of hydrogen-bond donors (Lipinski definition) is 1. The Bertz CT molecular complexity index is 342. The van der Waals surface area contributed by atoms with Crippen molar-refractivity contribution in [3.63, 3.8) is 0 Å². The van der Waals surface area contributed by atoms with Crippen LogP contribution in [0.5, 0.6) is 0 Å². The van der Waals surface area contributed by atoms with Gasteiger partial charge in [0.25, 0.3) is 0 Å². The molecule has 0 saturated carbocycles. The van der Waals surface area contributed by atoms with E-state index in [0.29, 0.717) is 0 Å². The van der Waals surface area contributed by atoms with E-state index in [9.17, 15) is 0 Å². The van der Waals surface area contributed by atoms with Crippen molar-refractivity contribution in [2.24, 2.45) is 5.92 Å². The number of methoxy groups -OCH3 is 1. The molecule has 2 rings (SSSR count). The van der Waals surface area contributed by atoms with E-state index in [-0.39, 0.29) is 0 Å². The zero-order chi connectivity index (χ0) is 12.8. The molecule has 1 aliphatic heterocycles. The van der Waals surface area contributed by atoms with Crippen LogP contribution >= 0.6 is 0 Å². The van der Waals surface area contributed by atoms with Gasteiger partial charge in [-0.3, -0.25) is 0 Å². The van der Waals surface area contributed by atoms with Gasteiger partial charge in [-0.25, -0.2) is 0 Å². The third-order valence-corrected chi connectivity index (χ3v) is 3.65. The molecular weight excluding hydrogens is 224 g/mol. The van der Waals surface area contributed by atoms with E-state index >= 15 is 0 Å². The molecule has 1 fully saturated rings. The molecule has 1 aliphatic rings. The molecule has 0 aromatic heterocycles. The molecule has 0 aliphatic carbocycles. The fraction of sp³-hybridized carbons (Fsp3) is 0.600. The maximum Gasteiger partial charge on any atom is 0.0635 e. The topological polar surface area (TPSA) is 24.5 Å². The van der Waals surface area contributed by atoms with E-state index in [0.717, 1.165) is 19.1 Å². The van der Waals surface area contributed by atoms with Gasteiger partial charge in [0, 0.05) is 38.1 Å². The van der Waals surface area contributed by atoms with Gasteiger partial charge in [0.05, 0.1) is 6.61 Å². The summed E-state index contributed by atoms with van der Waals surface area (Å²) in [5.74, 6) is 0.885. The van der Waals surface area contributed by atoms with E-state index in [4.69, 9.17) is 4.74 Å².